The van der Waals surface area contributed by atoms with E-state index in [0.717, 1.165) is 0 Å². The summed E-state index contributed by atoms with van der Waals surface area (Å²) in [7, 11) is 0. The van der Waals surface area contributed by atoms with Crippen molar-refractivity contribution >= 4 is 40.7 Å². The van der Waals surface area contributed by atoms with E-state index < -0.39 is 21.4 Å². The van der Waals surface area contributed by atoms with Crippen LogP contribution in [0.5, 0.6) is 0 Å². The van der Waals surface area contributed by atoms with Crippen molar-refractivity contribution in [3.8, 4) is 0 Å². The fraction of sp³-hybridized carbons (Fsp3) is 0.400. The molecule has 0 unspecified atom stereocenters. The number of rotatable bonds is 1. The summed E-state index contributed by atoms with van der Waals surface area (Å²) in [5, 5.41) is 0. The van der Waals surface area contributed by atoms with Gasteiger partial charge in [0.25, 0.3) is 0 Å². The van der Waals surface area contributed by atoms with Crippen molar-refractivity contribution in [2.24, 2.45) is 5.73 Å². The smallest absolute Gasteiger partial charge is 0.366 e. The Morgan fingerprint density at radius 3 is 1.69 bits per heavy atom. The second-order valence-electron chi connectivity index (χ2n) is 1.96. The molecule has 13 heavy (non-hydrogen) atoms. The number of carbonyl (C=O) groups excluding carboxylic acids is 1. The van der Waals surface area contributed by atoms with Crippen LogP contribution in [0.25, 0.3) is 0 Å². The Labute approximate surface area is 86.4 Å². The van der Waals surface area contributed by atoms with Crippen molar-refractivity contribution in [2.45, 2.75) is 9.97 Å². The van der Waals surface area contributed by atoms with E-state index in [1.54, 1.807) is 0 Å². The van der Waals surface area contributed by atoms with E-state index in [1.165, 1.54) is 0 Å². The molecule has 0 aliphatic rings. The van der Waals surface area contributed by atoms with E-state index in [2.05, 4.69) is 5.73 Å². The molecule has 0 aromatic rings. The first-order valence-electron chi connectivity index (χ1n) is 2.70. The van der Waals surface area contributed by atoms with Gasteiger partial charge in [0.1, 0.15) is 0 Å². The number of nitrogens with two attached hydrogens (primary N) is 1. The van der Waals surface area contributed by atoms with Crippen LogP contribution in [-0.4, -0.2) is 15.9 Å². The lowest BCUT2D eigenvalue weighted by molar-refractivity contribution is -0.115. The van der Waals surface area contributed by atoms with Crippen molar-refractivity contribution in [1.82, 2.24) is 0 Å². The summed E-state index contributed by atoms with van der Waals surface area (Å²) in [6, 6.07) is 0. The summed E-state index contributed by atoms with van der Waals surface area (Å²) in [5.41, 5.74) is 2.88. The first-order chi connectivity index (χ1) is 5.55. The fourth-order valence-electron chi connectivity index (χ4n) is 0.467. The number of allylic oxidation sites excluding steroid dienone is 1. The van der Waals surface area contributed by atoms with Gasteiger partial charge in [0, 0.05) is 6.08 Å². The van der Waals surface area contributed by atoms with Crippen LogP contribution in [0.1, 0.15) is 0 Å². The van der Waals surface area contributed by atoms with Crippen molar-refractivity contribution in [1.29, 1.82) is 0 Å². The molecular weight excluding hydrogens is 253 g/mol. The van der Waals surface area contributed by atoms with Gasteiger partial charge in [0.15, 0.2) is 0 Å². The summed E-state index contributed by atoms with van der Waals surface area (Å²) in [6.45, 7) is 0. The van der Waals surface area contributed by atoms with Crippen molar-refractivity contribution in [3.63, 3.8) is 0 Å². The van der Waals surface area contributed by atoms with E-state index >= 15 is 0 Å². The van der Waals surface area contributed by atoms with Gasteiger partial charge in [-0.25, -0.2) is 0 Å². The lowest BCUT2D eigenvalue weighted by Gasteiger charge is -2.17. The monoisotopic (exact) mass is 255 g/mol. The molecule has 0 bridgehead atoms. The standard InChI is InChI=1S/C5H3Cl3F3NO/c6-4(7,8)2(1-3(12)13)5(9,10)11/h1H,(H2,12,13)/b2-1-. The normalized spacial score (nSPS) is 14.5. The summed E-state index contributed by atoms with van der Waals surface area (Å²) >= 11 is 14.9. The first-order valence-corrected chi connectivity index (χ1v) is 3.84. The molecule has 2 nitrogen and oxygen atoms in total. The van der Waals surface area contributed by atoms with Crippen LogP contribution in [0.4, 0.5) is 13.2 Å². The maximum Gasteiger partial charge on any atom is 0.416 e. The molecule has 0 aliphatic carbocycles. The van der Waals surface area contributed by atoms with E-state index in [-0.39, 0.29) is 6.08 Å². The molecule has 0 saturated carbocycles. The van der Waals surface area contributed by atoms with Gasteiger partial charge < -0.3 is 5.73 Å². The van der Waals surface area contributed by atoms with Crippen LogP contribution in [0.15, 0.2) is 11.6 Å². The summed E-state index contributed by atoms with van der Waals surface area (Å²) < 4.78 is 33.4. The molecule has 2 N–H and O–H groups in total. The molecule has 0 heterocycles. The second-order valence-corrected chi connectivity index (χ2v) is 4.24. The number of primary amides is 1. The average Bonchev–Trinajstić information content (AvgIpc) is 1.77. The fourth-order valence-corrected chi connectivity index (χ4v) is 0.952. The molecule has 0 aliphatic heterocycles. The predicted octanol–water partition coefficient (Wildman–Crippen LogP) is 2.33. The number of halogens is 6. The van der Waals surface area contributed by atoms with Gasteiger partial charge in [0.05, 0.1) is 5.57 Å². The largest absolute Gasteiger partial charge is 0.416 e. The van der Waals surface area contributed by atoms with Gasteiger partial charge in [-0.3, -0.25) is 4.79 Å². The van der Waals surface area contributed by atoms with Crippen molar-refractivity contribution in [2.75, 3.05) is 0 Å². The zero-order valence-electron chi connectivity index (χ0n) is 5.83. The number of amides is 1. The highest BCUT2D eigenvalue weighted by atomic mass is 35.6. The average molecular weight is 256 g/mol. The van der Waals surface area contributed by atoms with Gasteiger partial charge in [0.2, 0.25) is 9.70 Å². The van der Waals surface area contributed by atoms with Gasteiger partial charge in [-0.15, -0.1) is 0 Å². The zero-order valence-corrected chi connectivity index (χ0v) is 8.10. The highest BCUT2D eigenvalue weighted by Gasteiger charge is 2.46. The van der Waals surface area contributed by atoms with Gasteiger partial charge >= 0.3 is 6.18 Å². The Hall–Kier alpha value is -0.130. The molecule has 8 heteroatoms. The first kappa shape index (κ1) is 12.9. The maximum atomic E-state index is 12.0. The molecule has 0 fully saturated rings. The second kappa shape index (κ2) is 3.94. The number of carbonyl (C=O) groups is 1. The Morgan fingerprint density at radius 2 is 1.62 bits per heavy atom. The third-order valence-electron chi connectivity index (χ3n) is 0.897. The van der Waals surface area contributed by atoms with Crippen molar-refractivity contribution in [3.05, 3.63) is 11.6 Å². The molecule has 0 radical (unpaired) electrons. The number of hydrogen-bond acceptors (Lipinski definition) is 1. The molecule has 0 rings (SSSR count). The molecule has 0 saturated heterocycles. The zero-order chi connectivity index (χ0) is 10.9. The van der Waals surface area contributed by atoms with Gasteiger partial charge in [-0.05, 0) is 0 Å². The van der Waals surface area contributed by atoms with E-state index in [9.17, 15) is 18.0 Å². The molecule has 0 aromatic heterocycles. The van der Waals surface area contributed by atoms with E-state index in [4.69, 9.17) is 34.8 Å². The Bertz CT molecular complexity index is 226. The topological polar surface area (TPSA) is 43.1 Å². The maximum absolute atomic E-state index is 12.0. The molecule has 1 amide bonds. The van der Waals surface area contributed by atoms with Crippen molar-refractivity contribution < 1.29 is 18.0 Å². The molecular formula is C5H3Cl3F3NO. The van der Waals surface area contributed by atoms with Crippen LogP contribution >= 0.6 is 34.8 Å². The Morgan fingerprint density at radius 1 is 1.23 bits per heavy atom. The SMILES string of the molecule is NC(=O)/C=C(\C(F)(F)F)C(Cl)(Cl)Cl. The minimum Gasteiger partial charge on any atom is -0.366 e. The Kier molecular flexibility index (Phi) is 3.90. The van der Waals surface area contributed by atoms with Crippen LogP contribution in [-0.2, 0) is 4.79 Å². The van der Waals surface area contributed by atoms with Crippen LogP contribution < -0.4 is 5.73 Å². The quantitative estimate of drug-likeness (QED) is 0.568. The predicted molar refractivity (Wildman–Crippen MR) is 43.6 cm³/mol. The molecule has 0 atom stereocenters. The third-order valence-corrected chi connectivity index (χ3v) is 1.51. The number of hydrogen-bond donors (Lipinski definition) is 1. The van der Waals surface area contributed by atoms with Gasteiger partial charge in [-0.2, -0.15) is 13.2 Å². The van der Waals surface area contributed by atoms with E-state index in [0.29, 0.717) is 0 Å². The highest BCUT2D eigenvalue weighted by Crippen LogP contribution is 2.43. The van der Waals surface area contributed by atoms with Crippen LogP contribution in [0, 0.1) is 0 Å². The van der Waals surface area contributed by atoms with Gasteiger partial charge in [-0.1, -0.05) is 34.8 Å². The summed E-state index contributed by atoms with van der Waals surface area (Å²) in [4.78, 5) is 10.2. The molecule has 0 aromatic carbocycles. The summed E-state index contributed by atoms with van der Waals surface area (Å²) in [6.07, 6.45) is -4.87. The van der Waals surface area contributed by atoms with Crippen LogP contribution in [0.3, 0.4) is 0 Å². The lowest BCUT2D eigenvalue weighted by atomic mass is 10.2. The van der Waals surface area contributed by atoms with Crippen LogP contribution in [0.2, 0.25) is 0 Å². The molecule has 76 valence electrons. The molecule has 0 spiro atoms. The minimum absolute atomic E-state index is 0.0347. The minimum atomic E-state index is -4.90. The number of alkyl halides is 6. The highest BCUT2D eigenvalue weighted by molar-refractivity contribution is 6.69. The Balaban J connectivity index is 5.13. The third kappa shape index (κ3) is 4.59. The lowest BCUT2D eigenvalue weighted by Crippen LogP contribution is -2.26. The van der Waals surface area contributed by atoms with E-state index in [1.807, 2.05) is 0 Å². The summed E-state index contributed by atoms with van der Waals surface area (Å²) in [5.74, 6) is -1.33.